The highest BCUT2D eigenvalue weighted by molar-refractivity contribution is 5.95. The SMILES string of the molecule is CC(C)CC(=O)N1CCNC[C@H]1C(=O)N[C@H](C(=O)N[C@@H](CCCN)C(=O)C(C)C)C(C)O. The van der Waals surface area contributed by atoms with E-state index in [0.717, 1.165) is 0 Å². The van der Waals surface area contributed by atoms with Crippen molar-refractivity contribution in [2.75, 3.05) is 26.2 Å². The van der Waals surface area contributed by atoms with Crippen molar-refractivity contribution in [1.82, 2.24) is 20.9 Å². The highest BCUT2D eigenvalue weighted by Gasteiger charge is 2.36. The Bertz CT molecular complexity index is 653. The third-order valence-electron chi connectivity index (χ3n) is 5.44. The molecular weight excluding hydrogens is 414 g/mol. The van der Waals surface area contributed by atoms with Gasteiger partial charge < -0.3 is 31.7 Å². The van der Waals surface area contributed by atoms with E-state index in [1.807, 2.05) is 13.8 Å². The number of hydrogen-bond donors (Lipinski definition) is 5. The van der Waals surface area contributed by atoms with Crippen molar-refractivity contribution in [1.29, 1.82) is 0 Å². The number of aliphatic hydroxyl groups excluding tert-OH is 1. The Balaban J connectivity index is 2.93. The summed E-state index contributed by atoms with van der Waals surface area (Å²) in [6.07, 6.45) is 0.0589. The number of nitrogens with zero attached hydrogens (tertiary/aromatic N) is 1. The number of rotatable bonds is 12. The summed E-state index contributed by atoms with van der Waals surface area (Å²) in [5.41, 5.74) is 5.55. The molecule has 3 amide bonds. The van der Waals surface area contributed by atoms with Crippen LogP contribution < -0.4 is 21.7 Å². The highest BCUT2D eigenvalue weighted by atomic mass is 16.3. The average Bonchev–Trinajstić information content (AvgIpc) is 2.73. The van der Waals surface area contributed by atoms with Crippen molar-refractivity contribution < 1.29 is 24.3 Å². The summed E-state index contributed by atoms with van der Waals surface area (Å²) >= 11 is 0. The van der Waals surface area contributed by atoms with Gasteiger partial charge in [0.2, 0.25) is 17.7 Å². The molecule has 0 aliphatic carbocycles. The van der Waals surface area contributed by atoms with Crippen LogP contribution in [0.4, 0.5) is 0 Å². The second-order valence-corrected chi connectivity index (χ2v) is 9.18. The first-order valence-corrected chi connectivity index (χ1v) is 11.5. The lowest BCUT2D eigenvalue weighted by molar-refractivity contribution is -0.143. The number of Topliss-reactive ketones (excluding diaryl/α,β-unsaturated/α-hetero) is 1. The normalized spacial score (nSPS) is 19.4. The lowest BCUT2D eigenvalue weighted by atomic mass is 9.97. The van der Waals surface area contributed by atoms with Crippen molar-refractivity contribution in [3.63, 3.8) is 0 Å². The van der Waals surface area contributed by atoms with Crippen LogP contribution in [0.15, 0.2) is 0 Å². The van der Waals surface area contributed by atoms with Gasteiger partial charge in [0, 0.05) is 32.0 Å². The number of nitrogens with two attached hydrogens (primary N) is 1. The van der Waals surface area contributed by atoms with Crippen molar-refractivity contribution in [2.24, 2.45) is 17.6 Å². The topological polar surface area (TPSA) is 154 Å². The van der Waals surface area contributed by atoms with E-state index in [1.165, 1.54) is 11.8 Å². The van der Waals surface area contributed by atoms with E-state index in [4.69, 9.17) is 5.73 Å². The Labute approximate surface area is 191 Å². The van der Waals surface area contributed by atoms with Crippen LogP contribution in [-0.2, 0) is 19.2 Å². The van der Waals surface area contributed by atoms with Gasteiger partial charge in [-0.1, -0.05) is 27.7 Å². The van der Waals surface area contributed by atoms with Crippen molar-refractivity contribution in [2.45, 2.75) is 78.1 Å². The van der Waals surface area contributed by atoms with Crippen molar-refractivity contribution in [3.05, 3.63) is 0 Å². The number of piperazine rings is 1. The van der Waals surface area contributed by atoms with Gasteiger partial charge in [0.15, 0.2) is 5.78 Å². The first kappa shape index (κ1) is 28.0. The van der Waals surface area contributed by atoms with Crippen LogP contribution in [0.3, 0.4) is 0 Å². The van der Waals surface area contributed by atoms with Gasteiger partial charge in [-0.15, -0.1) is 0 Å². The van der Waals surface area contributed by atoms with Crippen LogP contribution in [0.25, 0.3) is 0 Å². The first-order chi connectivity index (χ1) is 15.0. The molecule has 0 aromatic heterocycles. The second kappa shape index (κ2) is 13.5. The first-order valence-electron chi connectivity index (χ1n) is 11.5. The maximum atomic E-state index is 13.0. The van der Waals surface area contributed by atoms with Gasteiger partial charge in [-0.25, -0.2) is 0 Å². The zero-order chi connectivity index (χ0) is 24.4. The van der Waals surface area contributed by atoms with Crippen LogP contribution in [0.2, 0.25) is 0 Å². The van der Waals surface area contributed by atoms with Gasteiger partial charge in [-0.05, 0) is 32.2 Å². The number of nitrogens with one attached hydrogen (secondary N) is 3. The average molecular weight is 456 g/mol. The second-order valence-electron chi connectivity index (χ2n) is 9.18. The van der Waals surface area contributed by atoms with E-state index in [0.29, 0.717) is 38.9 Å². The number of carbonyl (C=O) groups is 4. The van der Waals surface area contributed by atoms with E-state index in [9.17, 15) is 24.3 Å². The highest BCUT2D eigenvalue weighted by Crippen LogP contribution is 2.12. The predicted octanol–water partition coefficient (Wildman–Crippen LogP) is -0.853. The van der Waals surface area contributed by atoms with Gasteiger partial charge in [-0.3, -0.25) is 19.2 Å². The summed E-state index contributed by atoms with van der Waals surface area (Å²) in [6, 6.07) is -2.79. The molecule has 4 atom stereocenters. The molecule has 1 unspecified atom stereocenters. The summed E-state index contributed by atoms with van der Waals surface area (Å²) in [7, 11) is 0. The number of amides is 3. The molecule has 0 bridgehead atoms. The molecule has 1 saturated heterocycles. The van der Waals surface area contributed by atoms with Gasteiger partial charge in [0.25, 0.3) is 0 Å². The Morgan fingerprint density at radius 3 is 2.31 bits per heavy atom. The van der Waals surface area contributed by atoms with Crippen LogP contribution in [0, 0.1) is 11.8 Å². The monoisotopic (exact) mass is 455 g/mol. The summed E-state index contributed by atoms with van der Waals surface area (Å²) in [6.45, 7) is 10.4. The molecule has 0 aromatic rings. The third kappa shape index (κ3) is 8.48. The van der Waals surface area contributed by atoms with Crippen LogP contribution in [0.1, 0.15) is 53.9 Å². The molecular formula is C22H41N5O5. The van der Waals surface area contributed by atoms with Crippen LogP contribution in [0.5, 0.6) is 0 Å². The molecule has 1 aliphatic rings. The summed E-state index contributed by atoms with van der Waals surface area (Å²) in [5, 5.41) is 18.5. The van der Waals surface area contributed by atoms with E-state index >= 15 is 0 Å². The van der Waals surface area contributed by atoms with Gasteiger partial charge in [-0.2, -0.15) is 0 Å². The maximum absolute atomic E-state index is 13.0. The Kier molecular flexibility index (Phi) is 11.8. The molecule has 0 radical (unpaired) electrons. The fourth-order valence-electron chi connectivity index (χ4n) is 3.63. The van der Waals surface area contributed by atoms with Gasteiger partial charge >= 0.3 is 0 Å². The van der Waals surface area contributed by atoms with Gasteiger partial charge in [0.05, 0.1) is 12.1 Å². The van der Waals surface area contributed by atoms with E-state index in [2.05, 4.69) is 16.0 Å². The minimum atomic E-state index is -1.26. The smallest absolute Gasteiger partial charge is 0.245 e. The molecule has 1 fully saturated rings. The molecule has 184 valence electrons. The molecule has 10 nitrogen and oxygen atoms in total. The molecule has 0 saturated carbocycles. The number of ketones is 1. The zero-order valence-electron chi connectivity index (χ0n) is 20.0. The zero-order valence-corrected chi connectivity index (χ0v) is 20.0. The molecule has 6 N–H and O–H groups in total. The molecule has 1 rings (SSSR count). The van der Waals surface area contributed by atoms with Crippen molar-refractivity contribution in [3.8, 4) is 0 Å². The lowest BCUT2D eigenvalue weighted by Crippen LogP contribution is -2.63. The summed E-state index contributed by atoms with van der Waals surface area (Å²) < 4.78 is 0. The van der Waals surface area contributed by atoms with Crippen LogP contribution in [-0.4, -0.2) is 83.9 Å². The standard InChI is InChI=1S/C22H41N5O5/c1-13(2)11-18(29)27-10-9-24-12-17(27)21(31)26-19(15(5)28)22(32)25-16(7-6-8-23)20(30)14(3)4/h13-17,19,24,28H,6-12,23H2,1-5H3,(H,25,32)(H,26,31)/t15?,16-,17-,19-/m0/s1. The Morgan fingerprint density at radius 2 is 1.78 bits per heavy atom. The maximum Gasteiger partial charge on any atom is 0.245 e. The van der Waals surface area contributed by atoms with Crippen LogP contribution >= 0.6 is 0 Å². The predicted molar refractivity (Wildman–Crippen MR) is 122 cm³/mol. The van der Waals surface area contributed by atoms with E-state index in [-0.39, 0.29) is 30.1 Å². The van der Waals surface area contributed by atoms with E-state index < -0.39 is 36.0 Å². The minimum Gasteiger partial charge on any atom is -0.391 e. The molecule has 0 spiro atoms. The Morgan fingerprint density at radius 1 is 1.12 bits per heavy atom. The molecule has 32 heavy (non-hydrogen) atoms. The third-order valence-corrected chi connectivity index (χ3v) is 5.44. The largest absolute Gasteiger partial charge is 0.391 e. The summed E-state index contributed by atoms with van der Waals surface area (Å²) in [4.78, 5) is 52.5. The molecule has 0 aromatic carbocycles. The van der Waals surface area contributed by atoms with E-state index in [1.54, 1.807) is 13.8 Å². The fraction of sp³-hybridized carbons (Fsp3) is 0.818. The molecule has 1 heterocycles. The fourth-order valence-corrected chi connectivity index (χ4v) is 3.63. The minimum absolute atomic E-state index is 0.121. The number of aliphatic hydroxyl groups is 1. The van der Waals surface area contributed by atoms with Gasteiger partial charge in [0.1, 0.15) is 12.1 Å². The quantitative estimate of drug-likeness (QED) is 0.257. The summed E-state index contributed by atoms with van der Waals surface area (Å²) in [5.74, 6) is -1.56. The molecule has 10 heteroatoms. The molecule has 1 aliphatic heterocycles. The number of carbonyl (C=O) groups excluding carboxylic acids is 4. The Hall–Kier alpha value is -2.04. The lowest BCUT2D eigenvalue weighted by Gasteiger charge is -2.36. The van der Waals surface area contributed by atoms with Crippen molar-refractivity contribution >= 4 is 23.5 Å². The number of hydrogen-bond acceptors (Lipinski definition) is 7.